The number of likely N-dealkylation sites (tertiary alicyclic amines) is 1. The monoisotopic (exact) mass is 550 g/mol. The standard InChI is InChI=1S/C28H30N4O6S/c1-28(2,3)38-26(33)18-32(25-10-12-31(27(25)34)17-19-9-11-30-22(13-19)16-29)39(35,36)24-8-6-20-5-7-23(37-4)14-21(20)15-24/h5-9,11,13-15,25H,10,12,17-18H2,1-4H3/t25-/m0/s1. The third kappa shape index (κ3) is 6.35. The Morgan fingerprint density at radius 3 is 2.59 bits per heavy atom. The summed E-state index contributed by atoms with van der Waals surface area (Å²) in [5, 5.41) is 10.6. The maximum absolute atomic E-state index is 14.0. The minimum Gasteiger partial charge on any atom is -0.497 e. The molecule has 1 saturated heterocycles. The largest absolute Gasteiger partial charge is 0.497 e. The predicted octanol–water partition coefficient (Wildman–Crippen LogP) is 3.25. The van der Waals surface area contributed by atoms with Crippen molar-refractivity contribution < 1.29 is 27.5 Å². The van der Waals surface area contributed by atoms with E-state index in [-0.39, 0.29) is 30.1 Å². The molecule has 0 bridgehead atoms. The Morgan fingerprint density at radius 2 is 1.90 bits per heavy atom. The van der Waals surface area contributed by atoms with Crippen LogP contribution in [0.1, 0.15) is 38.4 Å². The molecule has 0 N–H and O–H groups in total. The highest BCUT2D eigenvalue weighted by atomic mass is 32.2. The van der Waals surface area contributed by atoms with Crippen molar-refractivity contribution >= 4 is 32.7 Å². The Hall–Kier alpha value is -4.01. The Labute approximate surface area is 227 Å². The van der Waals surface area contributed by atoms with E-state index in [4.69, 9.17) is 14.7 Å². The molecule has 1 amide bonds. The lowest BCUT2D eigenvalue weighted by molar-refractivity contribution is -0.155. The number of methoxy groups -OCH3 is 1. The molecule has 1 aliphatic rings. The number of nitriles is 1. The van der Waals surface area contributed by atoms with Crippen LogP contribution in [0.5, 0.6) is 5.75 Å². The van der Waals surface area contributed by atoms with Crippen LogP contribution in [0.15, 0.2) is 59.6 Å². The van der Waals surface area contributed by atoms with Crippen molar-refractivity contribution in [2.45, 2.75) is 50.3 Å². The molecule has 1 aliphatic heterocycles. The van der Waals surface area contributed by atoms with Gasteiger partial charge in [0.1, 0.15) is 35.7 Å². The molecule has 3 aromatic rings. The maximum atomic E-state index is 14.0. The lowest BCUT2D eigenvalue weighted by Crippen LogP contribution is -2.48. The van der Waals surface area contributed by atoms with Crippen LogP contribution in [0, 0.1) is 11.3 Å². The van der Waals surface area contributed by atoms with Gasteiger partial charge >= 0.3 is 5.97 Å². The van der Waals surface area contributed by atoms with Gasteiger partial charge in [0.15, 0.2) is 0 Å². The number of ether oxygens (including phenoxy) is 2. The number of hydrogen-bond donors (Lipinski definition) is 0. The van der Waals surface area contributed by atoms with Gasteiger partial charge in [0.05, 0.1) is 12.0 Å². The average molecular weight is 551 g/mol. The number of esters is 1. The quantitative estimate of drug-likeness (QED) is 0.391. The minimum absolute atomic E-state index is 0.0501. The van der Waals surface area contributed by atoms with Gasteiger partial charge < -0.3 is 14.4 Å². The van der Waals surface area contributed by atoms with Crippen LogP contribution in [-0.4, -0.2) is 66.3 Å². The summed E-state index contributed by atoms with van der Waals surface area (Å²) >= 11 is 0. The van der Waals surface area contributed by atoms with E-state index < -0.39 is 40.1 Å². The summed E-state index contributed by atoms with van der Waals surface area (Å²) in [4.78, 5) is 31.8. The van der Waals surface area contributed by atoms with Gasteiger partial charge in [0.25, 0.3) is 0 Å². The average Bonchev–Trinajstić information content (AvgIpc) is 3.24. The van der Waals surface area contributed by atoms with Gasteiger partial charge in [-0.15, -0.1) is 0 Å². The van der Waals surface area contributed by atoms with Crippen LogP contribution in [0.25, 0.3) is 10.8 Å². The van der Waals surface area contributed by atoms with Crippen molar-refractivity contribution in [2.24, 2.45) is 0 Å². The highest BCUT2D eigenvalue weighted by Gasteiger charge is 2.43. The summed E-state index contributed by atoms with van der Waals surface area (Å²) in [6.07, 6.45) is 1.68. The number of sulfonamides is 1. The topological polar surface area (TPSA) is 130 Å². The van der Waals surface area contributed by atoms with E-state index in [0.717, 1.165) is 9.69 Å². The Balaban J connectivity index is 1.68. The van der Waals surface area contributed by atoms with E-state index in [9.17, 15) is 18.0 Å². The molecule has 0 aliphatic carbocycles. The second-order valence-corrected chi connectivity index (χ2v) is 12.1. The van der Waals surface area contributed by atoms with Gasteiger partial charge in [-0.05, 0) is 79.9 Å². The zero-order valence-electron chi connectivity index (χ0n) is 22.2. The number of pyridine rings is 1. The smallest absolute Gasteiger partial charge is 0.321 e. The lowest BCUT2D eigenvalue weighted by Gasteiger charge is -2.28. The number of amides is 1. The van der Waals surface area contributed by atoms with Gasteiger partial charge in [-0.25, -0.2) is 13.4 Å². The lowest BCUT2D eigenvalue weighted by atomic mass is 10.1. The second-order valence-electron chi connectivity index (χ2n) is 10.2. The number of nitrogens with zero attached hydrogens (tertiary/aromatic N) is 4. The Bertz CT molecular complexity index is 1560. The molecule has 1 fully saturated rings. The van der Waals surface area contributed by atoms with Crippen LogP contribution >= 0.6 is 0 Å². The third-order valence-electron chi connectivity index (χ3n) is 6.26. The molecule has 10 nitrogen and oxygen atoms in total. The fourth-order valence-electron chi connectivity index (χ4n) is 4.49. The normalized spacial score (nSPS) is 15.9. The SMILES string of the molecule is COc1ccc2ccc(S(=O)(=O)N(CC(=O)OC(C)(C)C)[C@H]3CCN(Cc4ccnc(C#N)c4)C3=O)cc2c1. The molecule has 4 rings (SSSR count). The van der Waals surface area contributed by atoms with Gasteiger partial charge in [-0.2, -0.15) is 9.57 Å². The van der Waals surface area contributed by atoms with E-state index in [1.165, 1.54) is 30.3 Å². The van der Waals surface area contributed by atoms with Crippen LogP contribution in [-0.2, 0) is 30.9 Å². The van der Waals surface area contributed by atoms with Gasteiger partial charge in [-0.3, -0.25) is 9.59 Å². The first kappa shape index (κ1) is 28.0. The highest BCUT2D eigenvalue weighted by Crippen LogP contribution is 2.29. The first-order valence-corrected chi connectivity index (χ1v) is 13.8. The molecule has 39 heavy (non-hydrogen) atoms. The Kier molecular flexibility index (Phi) is 7.90. The minimum atomic E-state index is -4.29. The van der Waals surface area contributed by atoms with E-state index in [1.54, 1.807) is 51.1 Å². The zero-order valence-corrected chi connectivity index (χ0v) is 23.1. The van der Waals surface area contributed by atoms with Crippen LogP contribution in [0.3, 0.4) is 0 Å². The molecule has 1 atom stereocenters. The van der Waals surface area contributed by atoms with Gasteiger partial charge in [0, 0.05) is 19.3 Å². The fraction of sp³-hybridized carbons (Fsp3) is 0.357. The summed E-state index contributed by atoms with van der Waals surface area (Å²) in [6.45, 7) is 4.91. The number of carbonyl (C=O) groups is 2. The number of fused-ring (bicyclic) bond motifs is 1. The summed E-state index contributed by atoms with van der Waals surface area (Å²) in [6, 6.07) is 14.1. The molecular formula is C28H30N4O6S. The molecule has 11 heteroatoms. The van der Waals surface area contributed by atoms with Crippen LogP contribution in [0.2, 0.25) is 0 Å². The number of aromatic nitrogens is 1. The summed E-state index contributed by atoms with van der Waals surface area (Å²) in [5.74, 6) is -0.618. The highest BCUT2D eigenvalue weighted by molar-refractivity contribution is 7.89. The van der Waals surface area contributed by atoms with E-state index >= 15 is 0 Å². The molecule has 204 valence electrons. The van der Waals surface area contributed by atoms with E-state index in [0.29, 0.717) is 16.7 Å². The van der Waals surface area contributed by atoms with Crippen molar-refractivity contribution in [3.8, 4) is 11.8 Å². The van der Waals surface area contributed by atoms with E-state index in [1.807, 2.05) is 12.1 Å². The molecule has 1 aromatic heterocycles. The predicted molar refractivity (Wildman–Crippen MR) is 143 cm³/mol. The van der Waals surface area contributed by atoms with E-state index in [2.05, 4.69) is 4.98 Å². The van der Waals surface area contributed by atoms with Crippen molar-refractivity contribution in [1.82, 2.24) is 14.2 Å². The summed E-state index contributed by atoms with van der Waals surface area (Å²) in [7, 11) is -2.77. The van der Waals surface area contributed by atoms with Crippen molar-refractivity contribution in [3.63, 3.8) is 0 Å². The molecular weight excluding hydrogens is 520 g/mol. The zero-order chi connectivity index (χ0) is 28.4. The molecule has 0 radical (unpaired) electrons. The summed E-state index contributed by atoms with van der Waals surface area (Å²) in [5.41, 5.74) is 0.0793. The second kappa shape index (κ2) is 11.0. The van der Waals surface area contributed by atoms with Gasteiger partial charge in [-0.1, -0.05) is 12.1 Å². The van der Waals surface area contributed by atoms with Gasteiger partial charge in [0.2, 0.25) is 15.9 Å². The van der Waals surface area contributed by atoms with Crippen molar-refractivity contribution in [1.29, 1.82) is 5.26 Å². The fourth-order valence-corrected chi connectivity index (χ4v) is 6.08. The van der Waals surface area contributed by atoms with Crippen molar-refractivity contribution in [3.05, 3.63) is 66.0 Å². The molecule has 2 aromatic carbocycles. The summed E-state index contributed by atoms with van der Waals surface area (Å²) < 4.78 is 39.6. The number of benzene rings is 2. The first-order chi connectivity index (χ1) is 18.4. The van der Waals surface area contributed by atoms with Crippen molar-refractivity contribution in [2.75, 3.05) is 20.2 Å². The molecule has 0 unspecified atom stereocenters. The third-order valence-corrected chi connectivity index (χ3v) is 8.11. The molecule has 0 saturated carbocycles. The maximum Gasteiger partial charge on any atom is 0.321 e. The van der Waals surface area contributed by atoms with Crippen LogP contribution in [0.4, 0.5) is 0 Å². The Morgan fingerprint density at radius 1 is 1.15 bits per heavy atom. The molecule has 2 heterocycles. The number of rotatable bonds is 8. The first-order valence-electron chi connectivity index (χ1n) is 12.4. The number of carbonyl (C=O) groups excluding carboxylic acids is 2. The van der Waals surface area contributed by atoms with Crippen LogP contribution < -0.4 is 4.74 Å². The number of hydrogen-bond acceptors (Lipinski definition) is 8. The molecule has 0 spiro atoms.